The second kappa shape index (κ2) is 16.5. The van der Waals surface area contributed by atoms with E-state index in [1.54, 1.807) is 23.5 Å². The quantitative estimate of drug-likeness (QED) is 0.158. The molecule has 5 atom stereocenters. The number of thiazole rings is 1. The molecule has 59 heavy (non-hydrogen) atoms. The van der Waals surface area contributed by atoms with Crippen LogP contribution in [0.5, 0.6) is 5.75 Å². The number of aliphatic hydroxyl groups is 1. The molecule has 0 spiro atoms. The van der Waals surface area contributed by atoms with E-state index in [9.17, 15) is 24.6 Å². The van der Waals surface area contributed by atoms with E-state index in [0.717, 1.165) is 72.5 Å². The zero-order valence-electron chi connectivity index (χ0n) is 34.3. The van der Waals surface area contributed by atoms with Gasteiger partial charge in [-0.3, -0.25) is 24.2 Å². The van der Waals surface area contributed by atoms with Gasteiger partial charge in [0.2, 0.25) is 17.7 Å². The van der Waals surface area contributed by atoms with Crippen LogP contribution in [0.1, 0.15) is 51.4 Å². The van der Waals surface area contributed by atoms with E-state index in [0.29, 0.717) is 17.3 Å². The largest absolute Gasteiger partial charge is 0.507 e. The van der Waals surface area contributed by atoms with Crippen molar-refractivity contribution >= 4 is 40.6 Å². The average Bonchev–Trinajstić information content (AvgIpc) is 3.82. The molecule has 5 N–H and O–H groups in total. The molecule has 0 aliphatic carbocycles. The van der Waals surface area contributed by atoms with Crippen LogP contribution in [0, 0.1) is 12.3 Å². The van der Waals surface area contributed by atoms with Crippen LogP contribution in [0.15, 0.2) is 60.1 Å². The number of benzene rings is 2. The van der Waals surface area contributed by atoms with Crippen LogP contribution in [0.25, 0.3) is 21.7 Å². The van der Waals surface area contributed by atoms with Crippen LogP contribution in [-0.2, 0) is 14.4 Å². The van der Waals surface area contributed by atoms with Gasteiger partial charge < -0.3 is 36.0 Å². The highest BCUT2D eigenvalue weighted by atomic mass is 32.1. The van der Waals surface area contributed by atoms with Gasteiger partial charge in [-0.1, -0.05) is 57.2 Å². The summed E-state index contributed by atoms with van der Waals surface area (Å²) < 4.78 is 0. The van der Waals surface area contributed by atoms with Crippen molar-refractivity contribution in [3.05, 3.63) is 71.4 Å². The minimum atomic E-state index is -0.890. The Morgan fingerprint density at radius 1 is 0.983 bits per heavy atom. The molecule has 6 heterocycles. The highest BCUT2D eigenvalue weighted by molar-refractivity contribution is 7.13. The molecule has 3 saturated heterocycles. The van der Waals surface area contributed by atoms with Gasteiger partial charge in [-0.25, -0.2) is 4.98 Å². The fraction of sp³-hybridized carbons (Fsp3) is 0.488. The maximum absolute atomic E-state index is 14.2. The summed E-state index contributed by atoms with van der Waals surface area (Å²) in [5, 5.41) is 39.4. The molecule has 2 aromatic carbocycles. The Bertz CT molecular complexity index is 2190. The predicted molar refractivity (Wildman–Crippen MR) is 227 cm³/mol. The van der Waals surface area contributed by atoms with E-state index < -0.39 is 23.6 Å². The number of β-amino-alcohol motifs (C(OH)–C–C–N with tert-alkyl or cyclic N) is 1. The maximum atomic E-state index is 14.2. The summed E-state index contributed by atoms with van der Waals surface area (Å²) in [4.78, 5) is 55.3. The molecule has 0 radical (unpaired) electrons. The summed E-state index contributed by atoms with van der Waals surface area (Å²) in [6, 6.07) is 15.6. The van der Waals surface area contributed by atoms with Gasteiger partial charge in [0.15, 0.2) is 5.82 Å². The van der Waals surface area contributed by atoms with Crippen molar-refractivity contribution in [2.75, 3.05) is 62.6 Å². The number of nitrogens with zero attached hydrogens (tertiary/aromatic N) is 7. The molecule has 4 aliphatic heterocycles. The molecule has 2 aromatic heterocycles. The lowest BCUT2D eigenvalue weighted by molar-refractivity contribution is -0.144. The number of hydrogen-bond acceptors (Lipinski definition) is 13. The number of piperazine rings is 1. The molecule has 16 heteroatoms. The first kappa shape index (κ1) is 40.6. The van der Waals surface area contributed by atoms with Gasteiger partial charge in [0.25, 0.3) is 0 Å². The van der Waals surface area contributed by atoms with E-state index in [1.807, 2.05) is 82.6 Å². The number of fused-ring (bicyclic) bond motifs is 3. The van der Waals surface area contributed by atoms with Gasteiger partial charge in [0.1, 0.15) is 17.8 Å². The normalized spacial score (nSPS) is 22.1. The summed E-state index contributed by atoms with van der Waals surface area (Å²) >= 11 is 1.59. The lowest BCUT2D eigenvalue weighted by Gasteiger charge is -2.52. The number of aromatic nitrogens is 3. The topological polar surface area (TPSA) is 179 Å². The summed E-state index contributed by atoms with van der Waals surface area (Å²) in [6.45, 7) is 14.5. The number of aromatic hydroxyl groups is 1. The minimum absolute atomic E-state index is 0.0188. The molecule has 3 amide bonds. The lowest BCUT2D eigenvalue weighted by Crippen LogP contribution is -2.67. The zero-order valence-corrected chi connectivity index (χ0v) is 35.1. The van der Waals surface area contributed by atoms with Crippen molar-refractivity contribution in [3.63, 3.8) is 0 Å². The molecule has 8 rings (SSSR count). The Morgan fingerprint density at radius 2 is 1.75 bits per heavy atom. The first-order valence-electron chi connectivity index (χ1n) is 20.4. The first-order chi connectivity index (χ1) is 28.2. The van der Waals surface area contributed by atoms with E-state index in [1.165, 1.54) is 4.90 Å². The van der Waals surface area contributed by atoms with Crippen molar-refractivity contribution in [1.29, 1.82) is 0 Å². The van der Waals surface area contributed by atoms with Crippen molar-refractivity contribution in [2.45, 2.75) is 77.4 Å². The number of aryl methyl sites for hydroxylation is 1. The van der Waals surface area contributed by atoms with Crippen molar-refractivity contribution in [2.24, 2.45) is 5.41 Å². The third-order valence-corrected chi connectivity index (χ3v) is 13.1. The number of rotatable bonds is 10. The number of nitrogens with one attached hydrogen (secondary N) is 3. The van der Waals surface area contributed by atoms with Crippen LogP contribution in [-0.4, -0.2) is 140 Å². The summed E-state index contributed by atoms with van der Waals surface area (Å²) in [6.07, 6.45) is -0.726. The smallest absolute Gasteiger partial charge is 0.246 e. The molecule has 15 nitrogen and oxygen atoms in total. The van der Waals surface area contributed by atoms with E-state index in [-0.39, 0.29) is 55.1 Å². The number of phenolic OH excluding ortho intramolecular Hbond substituents is 1. The molecule has 4 aliphatic rings. The Labute approximate surface area is 348 Å². The fourth-order valence-corrected chi connectivity index (χ4v) is 9.61. The molecule has 4 aromatic rings. The van der Waals surface area contributed by atoms with E-state index >= 15 is 0 Å². The summed E-state index contributed by atoms with van der Waals surface area (Å²) in [7, 11) is 0. The standard InChI is InChI=1S/C43H54N10O5S/c1-25(27-10-12-28(13-11-27)38-26(2)45-24-59-38)46-41(57)35-16-31(54)22-53(35)42(58)39(43(3,4)5)47-37(56)23-50-19-30(20-50)51-14-15-52-29(21-51)18-44-40-34(52)17-33(48-49-40)32-8-6-7-9-36(32)55/h6-13,17,24-25,29-31,35,39,54-55H,14-16,18-23H2,1-5H3,(H,44,49)(H,46,57)(H,47,56)/t25-,29?,31+,35-,39+/m0/s1. The maximum Gasteiger partial charge on any atom is 0.246 e. The summed E-state index contributed by atoms with van der Waals surface area (Å²) in [5.74, 6) is -0.0449. The number of para-hydroxylation sites is 1. The van der Waals surface area contributed by atoms with Crippen LogP contribution in [0.3, 0.4) is 0 Å². The first-order valence-corrected chi connectivity index (χ1v) is 21.3. The number of anilines is 2. The van der Waals surface area contributed by atoms with Crippen LogP contribution in [0.2, 0.25) is 0 Å². The van der Waals surface area contributed by atoms with Gasteiger partial charge in [0, 0.05) is 63.8 Å². The molecule has 1 unspecified atom stereocenters. The molecule has 3 fully saturated rings. The van der Waals surface area contributed by atoms with Crippen LogP contribution < -0.4 is 20.9 Å². The van der Waals surface area contributed by atoms with E-state index in [4.69, 9.17) is 0 Å². The van der Waals surface area contributed by atoms with Gasteiger partial charge in [-0.2, -0.15) is 0 Å². The molecular weight excluding hydrogens is 769 g/mol. The molecule has 0 bridgehead atoms. The van der Waals surface area contributed by atoms with Gasteiger partial charge in [0.05, 0.1) is 52.2 Å². The Morgan fingerprint density at radius 3 is 2.46 bits per heavy atom. The number of hydrogen-bond donors (Lipinski definition) is 5. The number of aliphatic hydroxyl groups excluding tert-OH is 1. The summed E-state index contributed by atoms with van der Waals surface area (Å²) in [5.41, 5.74) is 6.39. The third-order valence-electron chi connectivity index (χ3n) is 12.2. The molecule has 312 valence electrons. The second-order valence-corrected chi connectivity index (χ2v) is 18.3. The number of phenols is 1. The number of carbonyl (C=O) groups is 3. The predicted octanol–water partition coefficient (Wildman–Crippen LogP) is 3.25. The van der Waals surface area contributed by atoms with Crippen molar-refractivity contribution in [1.82, 2.24) is 40.5 Å². The van der Waals surface area contributed by atoms with Gasteiger partial charge in [-0.05, 0) is 48.6 Å². The number of carbonyl (C=O) groups excluding carboxylic acids is 3. The SMILES string of the molecule is Cc1ncsc1-c1ccc([C@H](C)NC(=O)[C@@H]2C[C@@H](O)CN2C(=O)[C@@H](NC(=O)CN2CC(N3CCN4c5cc(-c6ccccc6O)nnc5NCC4C3)C2)C(C)(C)C)cc1. The highest BCUT2D eigenvalue weighted by Gasteiger charge is 2.45. The Balaban J connectivity index is 0.838. The Kier molecular flexibility index (Phi) is 11.3. The zero-order chi connectivity index (χ0) is 41.6. The lowest BCUT2D eigenvalue weighted by atomic mass is 9.85. The average molecular weight is 823 g/mol. The van der Waals surface area contributed by atoms with E-state index in [2.05, 4.69) is 45.8 Å². The second-order valence-electron chi connectivity index (χ2n) is 17.4. The van der Waals surface area contributed by atoms with Crippen LogP contribution in [0.4, 0.5) is 11.5 Å². The number of amides is 3. The third kappa shape index (κ3) is 8.49. The van der Waals surface area contributed by atoms with Gasteiger partial charge in [-0.15, -0.1) is 21.5 Å². The number of likely N-dealkylation sites (tertiary alicyclic amines) is 2. The molecule has 0 saturated carbocycles. The monoisotopic (exact) mass is 822 g/mol. The Hall–Kier alpha value is -5.16. The van der Waals surface area contributed by atoms with Crippen molar-refractivity contribution < 1.29 is 24.6 Å². The minimum Gasteiger partial charge on any atom is -0.507 e. The fourth-order valence-electron chi connectivity index (χ4n) is 8.79. The molecular formula is C43H54N10O5S. The van der Waals surface area contributed by atoms with Crippen LogP contribution >= 0.6 is 11.3 Å². The van der Waals surface area contributed by atoms with Crippen molar-refractivity contribution in [3.8, 4) is 27.4 Å². The highest BCUT2D eigenvalue weighted by Crippen LogP contribution is 2.37. The van der Waals surface area contributed by atoms with Gasteiger partial charge >= 0.3 is 0 Å².